The first-order valence-corrected chi connectivity index (χ1v) is 8.05. The van der Waals surface area contributed by atoms with Gasteiger partial charge in [0.05, 0.1) is 11.0 Å². The Balaban J connectivity index is 2.03. The average Bonchev–Trinajstić information content (AvgIpc) is 2.91. The molecular weight excluding hydrogens is 301 g/mol. The Bertz CT molecular complexity index is 629. The van der Waals surface area contributed by atoms with Gasteiger partial charge in [-0.1, -0.05) is 0 Å². The lowest BCUT2D eigenvalue weighted by atomic mass is 10.2. The largest absolute Gasteiger partial charge is 0.314 e. The average molecular weight is 317 g/mol. The molecule has 2 rings (SSSR count). The van der Waals surface area contributed by atoms with Crippen LogP contribution in [0.25, 0.3) is 0 Å². The smallest absolute Gasteiger partial charge is 0.272 e. The molecule has 1 fully saturated rings. The van der Waals surface area contributed by atoms with Gasteiger partial charge >= 0.3 is 0 Å². The maximum absolute atomic E-state index is 13.7. The van der Waals surface area contributed by atoms with E-state index in [1.807, 2.05) is 0 Å². The summed E-state index contributed by atoms with van der Waals surface area (Å²) >= 11 is 0. The van der Waals surface area contributed by atoms with Crippen LogP contribution < -0.4 is 10.0 Å². The number of non-ortho nitro benzene ring substituents is 1. The number of nitrogens with zero attached hydrogens (tertiary/aromatic N) is 1. The zero-order valence-corrected chi connectivity index (χ0v) is 12.0. The Kier molecular flexibility index (Phi) is 4.86. The van der Waals surface area contributed by atoms with Crippen LogP contribution in [0, 0.1) is 15.9 Å². The van der Waals surface area contributed by atoms with Gasteiger partial charge in [-0.15, -0.1) is 0 Å². The third kappa shape index (κ3) is 3.96. The first-order valence-electron chi connectivity index (χ1n) is 6.57. The van der Waals surface area contributed by atoms with Crippen LogP contribution in [-0.4, -0.2) is 32.5 Å². The van der Waals surface area contributed by atoms with Crippen molar-refractivity contribution in [2.24, 2.45) is 0 Å². The van der Waals surface area contributed by atoms with Gasteiger partial charge in [0.25, 0.3) is 5.69 Å². The number of halogens is 1. The molecular formula is C12H16FN3O4S. The van der Waals surface area contributed by atoms with Crippen LogP contribution in [0.1, 0.15) is 19.3 Å². The highest BCUT2D eigenvalue weighted by molar-refractivity contribution is 7.89. The van der Waals surface area contributed by atoms with Gasteiger partial charge in [-0.25, -0.2) is 17.5 Å². The Morgan fingerprint density at radius 3 is 2.81 bits per heavy atom. The number of rotatable bonds is 6. The van der Waals surface area contributed by atoms with Gasteiger partial charge < -0.3 is 5.32 Å². The Labute approximate surface area is 121 Å². The van der Waals surface area contributed by atoms with Gasteiger partial charge in [0.2, 0.25) is 10.0 Å². The van der Waals surface area contributed by atoms with E-state index in [1.165, 1.54) is 0 Å². The van der Waals surface area contributed by atoms with E-state index in [0.717, 1.165) is 31.5 Å². The molecule has 1 heterocycles. The lowest BCUT2D eigenvalue weighted by Crippen LogP contribution is -2.31. The molecule has 0 bridgehead atoms. The molecule has 0 amide bonds. The van der Waals surface area contributed by atoms with Crippen LogP contribution in [0.15, 0.2) is 23.1 Å². The maximum atomic E-state index is 13.7. The topological polar surface area (TPSA) is 101 Å². The van der Waals surface area contributed by atoms with E-state index in [-0.39, 0.29) is 12.6 Å². The number of hydrogen-bond acceptors (Lipinski definition) is 5. The van der Waals surface area contributed by atoms with Crippen LogP contribution >= 0.6 is 0 Å². The molecule has 0 saturated carbocycles. The van der Waals surface area contributed by atoms with Gasteiger partial charge in [0.15, 0.2) is 0 Å². The SMILES string of the molecule is O=[N+]([O-])c1ccc(S(=O)(=O)NCC[C@H]2CCCN2)c(F)c1. The fourth-order valence-electron chi connectivity index (χ4n) is 2.27. The van der Waals surface area contributed by atoms with Crippen molar-refractivity contribution in [3.05, 3.63) is 34.1 Å². The lowest BCUT2D eigenvalue weighted by Gasteiger charge is -2.11. The van der Waals surface area contributed by atoms with Crippen LogP contribution in [0.5, 0.6) is 0 Å². The highest BCUT2D eigenvalue weighted by Gasteiger charge is 2.22. The van der Waals surface area contributed by atoms with Crippen molar-refractivity contribution in [2.45, 2.75) is 30.2 Å². The third-order valence-electron chi connectivity index (χ3n) is 3.36. The molecule has 9 heteroatoms. The summed E-state index contributed by atoms with van der Waals surface area (Å²) in [7, 11) is -4.00. The van der Waals surface area contributed by atoms with Gasteiger partial charge in [0.1, 0.15) is 10.7 Å². The van der Waals surface area contributed by atoms with E-state index >= 15 is 0 Å². The number of nitro groups is 1. The van der Waals surface area contributed by atoms with Crippen LogP contribution in [0.4, 0.5) is 10.1 Å². The highest BCUT2D eigenvalue weighted by Crippen LogP contribution is 2.20. The molecule has 2 N–H and O–H groups in total. The third-order valence-corrected chi connectivity index (χ3v) is 4.86. The van der Waals surface area contributed by atoms with Gasteiger partial charge in [-0.2, -0.15) is 0 Å². The Hall–Kier alpha value is -1.58. The summed E-state index contributed by atoms with van der Waals surface area (Å²) in [6.07, 6.45) is 2.68. The number of nitro benzene ring substituents is 1. The van der Waals surface area contributed by atoms with E-state index in [1.54, 1.807) is 0 Å². The molecule has 116 valence electrons. The van der Waals surface area contributed by atoms with E-state index in [0.29, 0.717) is 12.5 Å². The number of sulfonamides is 1. The molecule has 0 radical (unpaired) electrons. The fourth-order valence-corrected chi connectivity index (χ4v) is 3.37. The van der Waals surface area contributed by atoms with Gasteiger partial charge in [-0.05, 0) is 31.9 Å². The minimum atomic E-state index is -4.00. The molecule has 0 aromatic heterocycles. The van der Waals surface area contributed by atoms with Crippen molar-refractivity contribution in [3.8, 4) is 0 Å². The predicted molar refractivity (Wildman–Crippen MR) is 73.9 cm³/mol. The second-order valence-corrected chi connectivity index (χ2v) is 6.59. The molecule has 1 saturated heterocycles. The zero-order valence-electron chi connectivity index (χ0n) is 11.2. The summed E-state index contributed by atoms with van der Waals surface area (Å²) in [6, 6.07) is 2.75. The lowest BCUT2D eigenvalue weighted by molar-refractivity contribution is -0.385. The molecule has 0 aliphatic carbocycles. The molecule has 1 atom stereocenters. The number of nitrogens with one attached hydrogen (secondary N) is 2. The summed E-state index contributed by atoms with van der Waals surface area (Å²) < 4.78 is 39.9. The standard InChI is InChI=1S/C12H16FN3O4S/c13-11-8-10(16(17)18)3-4-12(11)21(19,20)15-7-5-9-2-1-6-14-9/h3-4,8-9,14-15H,1-2,5-7H2/t9-/m1/s1. The van der Waals surface area contributed by atoms with Crippen molar-refractivity contribution >= 4 is 15.7 Å². The van der Waals surface area contributed by atoms with E-state index in [2.05, 4.69) is 10.0 Å². The Morgan fingerprint density at radius 1 is 1.48 bits per heavy atom. The summed E-state index contributed by atoms with van der Waals surface area (Å²) in [5.74, 6) is -1.13. The van der Waals surface area contributed by atoms with Crippen molar-refractivity contribution in [1.82, 2.24) is 10.0 Å². The van der Waals surface area contributed by atoms with Crippen molar-refractivity contribution in [3.63, 3.8) is 0 Å². The molecule has 1 aliphatic rings. The molecule has 7 nitrogen and oxygen atoms in total. The van der Waals surface area contributed by atoms with Crippen LogP contribution in [0.2, 0.25) is 0 Å². The number of hydrogen-bond donors (Lipinski definition) is 2. The minimum absolute atomic E-state index is 0.191. The summed E-state index contributed by atoms with van der Waals surface area (Å²) in [5.41, 5.74) is -0.485. The molecule has 1 aromatic rings. The summed E-state index contributed by atoms with van der Waals surface area (Å²) in [6.45, 7) is 1.12. The summed E-state index contributed by atoms with van der Waals surface area (Å²) in [4.78, 5) is 9.14. The van der Waals surface area contributed by atoms with E-state index in [4.69, 9.17) is 0 Å². The summed E-state index contributed by atoms with van der Waals surface area (Å²) in [5, 5.41) is 13.7. The Morgan fingerprint density at radius 2 is 2.24 bits per heavy atom. The van der Waals surface area contributed by atoms with Crippen molar-refractivity contribution < 1.29 is 17.7 Å². The van der Waals surface area contributed by atoms with E-state index < -0.39 is 31.3 Å². The van der Waals surface area contributed by atoms with Crippen molar-refractivity contribution in [1.29, 1.82) is 0 Å². The minimum Gasteiger partial charge on any atom is -0.314 e. The molecule has 0 unspecified atom stereocenters. The molecule has 1 aliphatic heterocycles. The highest BCUT2D eigenvalue weighted by atomic mass is 32.2. The van der Waals surface area contributed by atoms with Crippen LogP contribution in [0.3, 0.4) is 0 Å². The fraction of sp³-hybridized carbons (Fsp3) is 0.500. The normalized spacial score (nSPS) is 18.8. The second kappa shape index (κ2) is 6.46. The molecule has 21 heavy (non-hydrogen) atoms. The molecule has 1 aromatic carbocycles. The monoisotopic (exact) mass is 317 g/mol. The quantitative estimate of drug-likeness (QED) is 0.605. The first-order chi connectivity index (χ1) is 9.90. The zero-order chi connectivity index (χ0) is 15.5. The van der Waals surface area contributed by atoms with Crippen LogP contribution in [-0.2, 0) is 10.0 Å². The van der Waals surface area contributed by atoms with E-state index in [9.17, 15) is 22.9 Å². The second-order valence-electron chi connectivity index (χ2n) is 4.85. The van der Waals surface area contributed by atoms with Crippen molar-refractivity contribution in [2.75, 3.05) is 13.1 Å². The van der Waals surface area contributed by atoms with Gasteiger partial charge in [-0.3, -0.25) is 10.1 Å². The predicted octanol–water partition coefficient (Wildman–Crippen LogP) is 1.15. The first kappa shape index (κ1) is 15.8. The molecule has 0 spiro atoms. The van der Waals surface area contributed by atoms with Gasteiger partial charge in [0, 0.05) is 18.7 Å². The maximum Gasteiger partial charge on any atom is 0.272 e. The number of benzene rings is 1.